The molecule has 3 rings (SSSR count). The van der Waals surface area contributed by atoms with Crippen LogP contribution in [0.25, 0.3) is 11.1 Å². The van der Waals surface area contributed by atoms with E-state index in [0.717, 1.165) is 17.7 Å². The first-order chi connectivity index (χ1) is 12.4. The number of thiol groups is 1. The summed E-state index contributed by atoms with van der Waals surface area (Å²) in [5.74, 6) is -1.26. The third-order valence-electron chi connectivity index (χ3n) is 3.76. The Kier molecular flexibility index (Phi) is 5.59. The van der Waals surface area contributed by atoms with Gasteiger partial charge >= 0.3 is 0 Å². The average molecular weight is 391 g/mol. The number of hydrogen-bond acceptors (Lipinski definition) is 3. The van der Waals surface area contributed by atoms with Gasteiger partial charge in [-0.05, 0) is 58.6 Å². The van der Waals surface area contributed by atoms with Crippen molar-refractivity contribution in [2.24, 2.45) is 0 Å². The van der Waals surface area contributed by atoms with Crippen molar-refractivity contribution < 1.29 is 18.3 Å². The van der Waals surface area contributed by atoms with Crippen molar-refractivity contribution in [1.29, 1.82) is 0 Å². The molecule has 0 atom stereocenters. The van der Waals surface area contributed by atoms with Gasteiger partial charge in [-0.25, -0.2) is 8.78 Å². The maximum Gasteiger partial charge on any atom is 0.252 e. The van der Waals surface area contributed by atoms with Crippen molar-refractivity contribution in [2.75, 3.05) is 0 Å². The smallest absolute Gasteiger partial charge is 0.252 e. The van der Waals surface area contributed by atoms with E-state index in [1.165, 1.54) is 0 Å². The highest BCUT2D eigenvalue weighted by Gasteiger charge is 2.10. The zero-order valence-corrected chi connectivity index (χ0v) is 15.0. The molecule has 0 fully saturated rings. The van der Waals surface area contributed by atoms with Crippen molar-refractivity contribution in [3.8, 4) is 16.9 Å². The summed E-state index contributed by atoms with van der Waals surface area (Å²) >= 11 is 9.66. The molecule has 0 unspecified atom stereocenters. The van der Waals surface area contributed by atoms with E-state index in [1.807, 2.05) is 6.07 Å². The summed E-state index contributed by atoms with van der Waals surface area (Å²) in [4.78, 5) is 11.5. The van der Waals surface area contributed by atoms with E-state index in [4.69, 9.17) is 16.3 Å². The largest absolute Gasteiger partial charge is 0.489 e. The van der Waals surface area contributed by atoms with Gasteiger partial charge in [0.15, 0.2) is 11.6 Å². The minimum absolute atomic E-state index is 0.264. The first-order valence-electron chi connectivity index (χ1n) is 7.64. The van der Waals surface area contributed by atoms with E-state index in [2.05, 4.69) is 12.6 Å². The summed E-state index contributed by atoms with van der Waals surface area (Å²) in [6, 6.07) is 15.9. The van der Waals surface area contributed by atoms with Crippen LogP contribution in [0.2, 0.25) is 0 Å². The number of halogens is 3. The Balaban J connectivity index is 1.73. The zero-order valence-electron chi connectivity index (χ0n) is 13.4. The molecule has 132 valence electrons. The second kappa shape index (κ2) is 7.89. The van der Waals surface area contributed by atoms with E-state index in [-0.39, 0.29) is 6.61 Å². The molecule has 6 heteroatoms. The maximum absolute atomic E-state index is 13.5. The van der Waals surface area contributed by atoms with Gasteiger partial charge in [0.25, 0.3) is 5.24 Å². The molecule has 0 saturated heterocycles. The predicted molar refractivity (Wildman–Crippen MR) is 100 cm³/mol. The van der Waals surface area contributed by atoms with Gasteiger partial charge in [0.1, 0.15) is 12.4 Å². The number of carbonyl (C=O) groups is 1. The van der Waals surface area contributed by atoms with Crippen molar-refractivity contribution >= 4 is 29.5 Å². The monoisotopic (exact) mass is 390 g/mol. The summed E-state index contributed by atoms with van der Waals surface area (Å²) in [5.41, 5.74) is 2.39. The molecule has 0 aliphatic heterocycles. The third-order valence-corrected chi connectivity index (χ3v) is 4.35. The van der Waals surface area contributed by atoms with Crippen LogP contribution in [-0.4, -0.2) is 5.24 Å². The molecule has 0 saturated carbocycles. The number of hydrogen-bond donors (Lipinski definition) is 1. The Labute approximate surface area is 159 Å². The van der Waals surface area contributed by atoms with Gasteiger partial charge in [-0.2, -0.15) is 0 Å². The van der Waals surface area contributed by atoms with Crippen LogP contribution < -0.4 is 4.74 Å². The molecule has 0 bridgehead atoms. The first-order valence-corrected chi connectivity index (χ1v) is 8.46. The molecule has 0 N–H and O–H groups in total. The van der Waals surface area contributed by atoms with Crippen LogP contribution >= 0.6 is 24.2 Å². The second-order valence-corrected chi connectivity index (χ2v) is 6.40. The Morgan fingerprint density at radius 1 is 1.00 bits per heavy atom. The van der Waals surface area contributed by atoms with Crippen LogP contribution in [0.3, 0.4) is 0 Å². The van der Waals surface area contributed by atoms with Crippen LogP contribution in [0, 0.1) is 11.6 Å². The van der Waals surface area contributed by atoms with Gasteiger partial charge in [0, 0.05) is 10.5 Å². The minimum atomic E-state index is -0.934. The number of carbonyl (C=O) groups excluding carboxylic acids is 1. The molecule has 0 aromatic heterocycles. The van der Waals surface area contributed by atoms with Gasteiger partial charge in [-0.15, -0.1) is 12.6 Å². The summed E-state index contributed by atoms with van der Waals surface area (Å²) in [6.45, 7) is 0.264. The van der Waals surface area contributed by atoms with E-state index in [1.54, 1.807) is 42.5 Å². The molecule has 0 radical (unpaired) electrons. The van der Waals surface area contributed by atoms with E-state index < -0.39 is 16.9 Å². The summed E-state index contributed by atoms with van der Waals surface area (Å²) < 4.78 is 32.3. The molecule has 26 heavy (non-hydrogen) atoms. The van der Waals surface area contributed by atoms with Crippen molar-refractivity contribution in [3.63, 3.8) is 0 Å². The van der Waals surface area contributed by atoms with Gasteiger partial charge in [0.05, 0.1) is 0 Å². The number of rotatable bonds is 5. The van der Waals surface area contributed by atoms with Gasteiger partial charge in [-0.3, -0.25) is 4.79 Å². The fourth-order valence-corrected chi connectivity index (χ4v) is 2.87. The van der Waals surface area contributed by atoms with Crippen molar-refractivity contribution in [1.82, 2.24) is 0 Å². The molecule has 0 heterocycles. The molecule has 0 amide bonds. The highest BCUT2D eigenvalue weighted by molar-refractivity contribution is 7.80. The Morgan fingerprint density at radius 3 is 2.38 bits per heavy atom. The predicted octanol–water partition coefficient (Wildman–Crippen LogP) is 5.88. The van der Waals surface area contributed by atoms with Crippen LogP contribution in [0.15, 0.2) is 65.6 Å². The molecule has 3 aromatic rings. The number of ether oxygens (including phenoxy) is 1. The molecule has 2 nitrogen and oxygen atoms in total. The summed E-state index contributed by atoms with van der Waals surface area (Å²) in [7, 11) is 0. The number of benzene rings is 3. The van der Waals surface area contributed by atoms with Crippen molar-refractivity contribution in [3.05, 3.63) is 83.4 Å². The van der Waals surface area contributed by atoms with Crippen LogP contribution in [0.4, 0.5) is 8.78 Å². The Bertz CT molecular complexity index is 959. The quantitative estimate of drug-likeness (QED) is 0.435. The molecule has 0 spiro atoms. The molecular weight excluding hydrogens is 378 g/mol. The van der Waals surface area contributed by atoms with E-state index in [0.29, 0.717) is 27.3 Å². The Morgan fingerprint density at radius 2 is 1.69 bits per heavy atom. The minimum Gasteiger partial charge on any atom is -0.489 e. The normalized spacial score (nSPS) is 10.6. The summed E-state index contributed by atoms with van der Waals surface area (Å²) in [6.07, 6.45) is 0. The fourth-order valence-electron chi connectivity index (χ4n) is 2.45. The van der Waals surface area contributed by atoms with Crippen LogP contribution in [0.1, 0.15) is 15.9 Å². The molecule has 0 aliphatic carbocycles. The molecule has 3 aromatic carbocycles. The van der Waals surface area contributed by atoms with E-state index >= 15 is 0 Å². The second-order valence-electron chi connectivity index (χ2n) is 5.57. The standard InChI is InChI=1S/C20H13ClF2O2S/c21-20(24)14-3-1-2-12(8-14)11-25-15-6-4-13(5-7-15)16-9-17(22)18(23)10-19(16)26/h1-10,26H,11H2. The lowest BCUT2D eigenvalue weighted by atomic mass is 10.1. The zero-order chi connectivity index (χ0) is 18.7. The maximum atomic E-state index is 13.5. The Hall–Kier alpha value is -2.37. The first kappa shape index (κ1) is 18.4. The van der Waals surface area contributed by atoms with Gasteiger partial charge in [0.2, 0.25) is 0 Å². The lowest BCUT2D eigenvalue weighted by Gasteiger charge is -2.10. The lowest BCUT2D eigenvalue weighted by molar-refractivity contribution is 0.108. The summed E-state index contributed by atoms with van der Waals surface area (Å²) in [5, 5.41) is -0.523. The van der Waals surface area contributed by atoms with Gasteiger partial charge < -0.3 is 4.74 Å². The third kappa shape index (κ3) is 4.23. The highest BCUT2D eigenvalue weighted by atomic mass is 35.5. The lowest BCUT2D eigenvalue weighted by Crippen LogP contribution is -1.97. The van der Waals surface area contributed by atoms with Crippen LogP contribution in [0.5, 0.6) is 5.75 Å². The van der Waals surface area contributed by atoms with E-state index in [9.17, 15) is 13.6 Å². The SMILES string of the molecule is O=C(Cl)c1cccc(COc2ccc(-c3cc(F)c(F)cc3S)cc2)c1. The highest BCUT2D eigenvalue weighted by Crippen LogP contribution is 2.30. The fraction of sp³-hybridized carbons (Fsp3) is 0.0500. The van der Waals surface area contributed by atoms with Gasteiger partial charge in [-0.1, -0.05) is 30.3 Å². The van der Waals surface area contributed by atoms with Crippen molar-refractivity contribution in [2.45, 2.75) is 11.5 Å². The molecular formula is C20H13ClF2O2S. The van der Waals surface area contributed by atoms with Crippen LogP contribution in [-0.2, 0) is 6.61 Å². The average Bonchev–Trinajstić information content (AvgIpc) is 2.64. The molecule has 0 aliphatic rings. The topological polar surface area (TPSA) is 26.3 Å².